The molecular weight excluding hydrogens is 356 g/mol. The van der Waals surface area contributed by atoms with E-state index in [0.29, 0.717) is 5.57 Å². The number of carbonyl (C=O) groups is 2. The van der Waals surface area contributed by atoms with E-state index in [4.69, 9.17) is 4.74 Å². The van der Waals surface area contributed by atoms with Crippen LogP contribution in [0.15, 0.2) is 11.6 Å². The minimum absolute atomic E-state index is 0.0241. The van der Waals surface area contributed by atoms with E-state index in [2.05, 4.69) is 4.74 Å². The lowest BCUT2D eigenvalue weighted by molar-refractivity contribution is -0.143. The highest BCUT2D eigenvalue weighted by Gasteiger charge is 2.14. The summed E-state index contributed by atoms with van der Waals surface area (Å²) in [6.07, 6.45) is 18.3. The number of unbranched alkanes of at least 4 members (excludes halogenated alkanes) is 12. The lowest BCUT2D eigenvalue weighted by Gasteiger charge is -2.05. The molecule has 0 radical (unpaired) electrons. The average molecular weight is 399 g/mol. The minimum atomic E-state index is -0.451. The van der Waals surface area contributed by atoms with Crippen LogP contribution in [0.2, 0.25) is 0 Å². The van der Waals surface area contributed by atoms with Crippen molar-refractivity contribution in [2.24, 2.45) is 0 Å². The minimum Gasteiger partial charge on any atom is -0.469 e. The zero-order valence-electron chi connectivity index (χ0n) is 18.3. The number of allylic oxidation sites excluding steroid dienone is 1. The van der Waals surface area contributed by atoms with Crippen molar-refractivity contribution in [1.82, 2.24) is 0 Å². The number of hydrogen-bond donors (Lipinski definition) is 1. The van der Waals surface area contributed by atoms with Crippen LogP contribution in [0, 0.1) is 0 Å². The average Bonchev–Trinajstić information content (AvgIpc) is 2.68. The van der Waals surface area contributed by atoms with Crippen molar-refractivity contribution in [1.29, 1.82) is 0 Å². The lowest BCUT2D eigenvalue weighted by atomic mass is 10.0. The Kier molecular flexibility index (Phi) is 18.1. The Labute approximate surface area is 171 Å². The quantitative estimate of drug-likeness (QED) is 0.188. The zero-order chi connectivity index (χ0) is 21.0. The van der Waals surface area contributed by atoms with Gasteiger partial charge in [-0.1, -0.05) is 76.7 Å². The van der Waals surface area contributed by atoms with Crippen LogP contribution in [-0.2, 0) is 19.1 Å². The van der Waals surface area contributed by atoms with Crippen molar-refractivity contribution >= 4 is 11.9 Å². The molecule has 0 aromatic heterocycles. The molecule has 1 unspecified atom stereocenters. The Bertz CT molecular complexity index is 429. The molecule has 1 N–H and O–H groups in total. The van der Waals surface area contributed by atoms with Crippen LogP contribution in [0.3, 0.4) is 0 Å². The van der Waals surface area contributed by atoms with E-state index < -0.39 is 11.9 Å². The summed E-state index contributed by atoms with van der Waals surface area (Å²) in [4.78, 5) is 23.0. The summed E-state index contributed by atoms with van der Waals surface area (Å²) in [5.74, 6) is -0.871. The van der Waals surface area contributed by atoms with Gasteiger partial charge in [0.25, 0.3) is 0 Å². The maximum Gasteiger partial charge on any atom is 0.333 e. The van der Waals surface area contributed by atoms with E-state index in [1.165, 1.54) is 72.0 Å². The Hall–Kier alpha value is -1.36. The van der Waals surface area contributed by atoms with Gasteiger partial charge in [0, 0.05) is 5.57 Å². The fraction of sp³-hybridized carbons (Fsp3) is 0.826. The summed E-state index contributed by atoms with van der Waals surface area (Å²) in [5.41, 5.74) is 0.389. The molecule has 0 aromatic rings. The number of ether oxygens (including phenoxy) is 2. The second kappa shape index (κ2) is 19.0. The van der Waals surface area contributed by atoms with E-state index >= 15 is 0 Å². The fourth-order valence-corrected chi connectivity index (χ4v) is 3.21. The number of esters is 2. The first kappa shape index (κ1) is 26.6. The third-order valence-corrected chi connectivity index (χ3v) is 4.98. The highest BCUT2D eigenvalue weighted by atomic mass is 16.5. The Morgan fingerprint density at radius 1 is 0.786 bits per heavy atom. The SMILES string of the molecule is COC(=O)CC(=CCCCCCCCCCCCCCCC(C)O)C(=O)OC. The molecule has 0 fully saturated rings. The van der Waals surface area contributed by atoms with E-state index in [9.17, 15) is 14.7 Å². The molecule has 164 valence electrons. The van der Waals surface area contributed by atoms with Gasteiger partial charge in [0.1, 0.15) is 0 Å². The monoisotopic (exact) mass is 398 g/mol. The smallest absolute Gasteiger partial charge is 0.333 e. The van der Waals surface area contributed by atoms with Gasteiger partial charge in [0.2, 0.25) is 0 Å². The van der Waals surface area contributed by atoms with Crippen LogP contribution >= 0.6 is 0 Å². The third kappa shape index (κ3) is 16.8. The molecule has 0 heterocycles. The number of methoxy groups -OCH3 is 2. The van der Waals surface area contributed by atoms with Gasteiger partial charge in [-0.05, 0) is 26.2 Å². The van der Waals surface area contributed by atoms with Crippen molar-refractivity contribution in [2.45, 2.75) is 109 Å². The molecule has 0 aliphatic carbocycles. The van der Waals surface area contributed by atoms with Crippen molar-refractivity contribution in [3.63, 3.8) is 0 Å². The molecule has 0 rings (SSSR count). The van der Waals surface area contributed by atoms with Gasteiger partial charge in [-0.3, -0.25) is 4.79 Å². The van der Waals surface area contributed by atoms with Gasteiger partial charge < -0.3 is 14.6 Å². The van der Waals surface area contributed by atoms with Gasteiger partial charge in [0.15, 0.2) is 0 Å². The molecule has 0 bridgehead atoms. The topological polar surface area (TPSA) is 72.8 Å². The summed E-state index contributed by atoms with van der Waals surface area (Å²) >= 11 is 0. The van der Waals surface area contributed by atoms with Crippen molar-refractivity contribution < 1.29 is 24.2 Å². The molecule has 0 spiro atoms. The summed E-state index contributed by atoms with van der Waals surface area (Å²) in [6, 6.07) is 0. The Morgan fingerprint density at radius 2 is 1.25 bits per heavy atom. The molecule has 5 heteroatoms. The number of aliphatic hydroxyl groups excluding tert-OH is 1. The lowest BCUT2D eigenvalue weighted by Crippen LogP contribution is -2.11. The molecule has 0 saturated heterocycles. The van der Waals surface area contributed by atoms with E-state index in [-0.39, 0.29) is 12.5 Å². The van der Waals surface area contributed by atoms with E-state index in [1.807, 2.05) is 13.0 Å². The zero-order valence-corrected chi connectivity index (χ0v) is 18.3. The molecule has 0 saturated carbocycles. The molecular formula is C23H42O5. The Morgan fingerprint density at radius 3 is 1.68 bits per heavy atom. The van der Waals surface area contributed by atoms with Crippen LogP contribution in [-0.4, -0.2) is 37.4 Å². The van der Waals surface area contributed by atoms with Crippen LogP contribution in [0.5, 0.6) is 0 Å². The maximum absolute atomic E-state index is 11.6. The largest absolute Gasteiger partial charge is 0.469 e. The predicted molar refractivity (Wildman–Crippen MR) is 113 cm³/mol. The second-order valence-electron chi connectivity index (χ2n) is 7.64. The summed E-state index contributed by atoms with van der Waals surface area (Å²) in [5, 5.41) is 9.20. The first-order chi connectivity index (χ1) is 13.5. The third-order valence-electron chi connectivity index (χ3n) is 4.98. The van der Waals surface area contributed by atoms with Gasteiger partial charge in [-0.25, -0.2) is 4.79 Å². The molecule has 0 aromatic carbocycles. The van der Waals surface area contributed by atoms with Gasteiger partial charge in [-0.15, -0.1) is 0 Å². The summed E-state index contributed by atoms with van der Waals surface area (Å²) in [7, 11) is 2.64. The molecule has 28 heavy (non-hydrogen) atoms. The maximum atomic E-state index is 11.6. The van der Waals surface area contributed by atoms with E-state index in [1.54, 1.807) is 0 Å². The standard InChI is InChI=1S/C23H42O5/c1-20(24)17-15-13-11-9-7-5-4-6-8-10-12-14-16-18-21(23(26)28-3)19-22(25)27-2/h18,20,24H,4-17,19H2,1-3H3. The number of aliphatic hydroxyl groups is 1. The molecule has 0 aliphatic heterocycles. The second-order valence-corrected chi connectivity index (χ2v) is 7.64. The van der Waals surface area contributed by atoms with Gasteiger partial charge in [-0.2, -0.15) is 0 Å². The molecule has 5 nitrogen and oxygen atoms in total. The highest BCUT2D eigenvalue weighted by molar-refractivity contribution is 5.93. The first-order valence-corrected chi connectivity index (χ1v) is 11.0. The Balaban J connectivity index is 3.55. The van der Waals surface area contributed by atoms with Gasteiger partial charge >= 0.3 is 11.9 Å². The number of rotatable bonds is 18. The van der Waals surface area contributed by atoms with Gasteiger partial charge in [0.05, 0.1) is 26.7 Å². The van der Waals surface area contributed by atoms with Crippen LogP contribution in [0.1, 0.15) is 103 Å². The van der Waals surface area contributed by atoms with E-state index in [0.717, 1.165) is 32.1 Å². The fourth-order valence-electron chi connectivity index (χ4n) is 3.21. The van der Waals surface area contributed by atoms with Crippen LogP contribution < -0.4 is 0 Å². The number of carbonyl (C=O) groups excluding carboxylic acids is 2. The predicted octanol–water partition coefficient (Wildman–Crippen LogP) is 5.49. The number of hydrogen-bond acceptors (Lipinski definition) is 5. The summed E-state index contributed by atoms with van der Waals surface area (Å²) in [6.45, 7) is 1.86. The summed E-state index contributed by atoms with van der Waals surface area (Å²) < 4.78 is 9.32. The van der Waals surface area contributed by atoms with Crippen molar-refractivity contribution in [3.8, 4) is 0 Å². The molecule has 1 atom stereocenters. The van der Waals surface area contributed by atoms with Crippen molar-refractivity contribution in [2.75, 3.05) is 14.2 Å². The van der Waals surface area contributed by atoms with Crippen molar-refractivity contribution in [3.05, 3.63) is 11.6 Å². The first-order valence-electron chi connectivity index (χ1n) is 11.0. The normalized spacial score (nSPS) is 12.6. The molecule has 0 aliphatic rings. The van der Waals surface area contributed by atoms with Crippen LogP contribution in [0.25, 0.3) is 0 Å². The highest BCUT2D eigenvalue weighted by Crippen LogP contribution is 2.14. The molecule has 0 amide bonds. The van der Waals surface area contributed by atoms with Crippen LogP contribution in [0.4, 0.5) is 0 Å².